The van der Waals surface area contributed by atoms with E-state index in [1.807, 2.05) is 37.3 Å². The predicted octanol–water partition coefficient (Wildman–Crippen LogP) is 6.69. The van der Waals surface area contributed by atoms with Crippen molar-refractivity contribution in [2.45, 2.75) is 61.6 Å². The first kappa shape index (κ1) is 23.9. The molecule has 0 spiro atoms. The Morgan fingerprint density at radius 1 is 0.938 bits per heavy atom. The van der Waals surface area contributed by atoms with Crippen LogP contribution in [-0.4, -0.2) is 15.8 Å². The number of hydrogen-bond acceptors (Lipinski definition) is 3. The van der Waals surface area contributed by atoms with E-state index < -0.39 is 34.5 Å². The van der Waals surface area contributed by atoms with Gasteiger partial charge in [0.05, 0.1) is 17.2 Å². The van der Waals surface area contributed by atoms with E-state index in [-0.39, 0.29) is 6.42 Å². The number of alkyl halides is 1. The molecule has 0 aromatic heterocycles. The maximum Gasteiger partial charge on any atom is 0.307 e. The fourth-order valence-electron chi connectivity index (χ4n) is 3.54. The van der Waals surface area contributed by atoms with Gasteiger partial charge in [0.15, 0.2) is 0 Å². The number of carbonyl (C=O) groups excluding carboxylic acids is 1. The molecule has 0 radical (unpaired) electrons. The van der Waals surface area contributed by atoms with E-state index in [4.69, 9.17) is 4.74 Å². The Kier molecular flexibility index (Phi) is 7.62. The highest BCUT2D eigenvalue weighted by atomic mass is 32.2. The first-order valence-corrected chi connectivity index (χ1v) is 11.8. The van der Waals surface area contributed by atoms with Gasteiger partial charge < -0.3 is 4.74 Å². The Labute approximate surface area is 192 Å². The van der Waals surface area contributed by atoms with Gasteiger partial charge in [-0.25, -0.2) is 8.60 Å². The Morgan fingerprint density at radius 3 is 2.16 bits per heavy atom. The fraction of sp³-hybridized carbons (Fsp3) is 0.296. The standard InChI is InChI=1S/C27H29FO3S/c1-19-14-16-21(17-15-19)32(30)24-13-9-8-12-22(24)26(28)23(20-10-6-5-7-11-20)18-25(29)31-27(2,3)4/h5-17,23,26H,18H2,1-4H3/t23-,26+,32+/m1/s1. The monoisotopic (exact) mass is 452 g/mol. The van der Waals surface area contributed by atoms with Crippen molar-refractivity contribution in [3.8, 4) is 0 Å². The molecule has 3 atom stereocenters. The number of halogens is 1. The van der Waals surface area contributed by atoms with Gasteiger partial charge in [0, 0.05) is 21.3 Å². The van der Waals surface area contributed by atoms with Gasteiger partial charge in [0.25, 0.3) is 0 Å². The van der Waals surface area contributed by atoms with Crippen LogP contribution in [0, 0.1) is 6.92 Å². The molecule has 0 N–H and O–H groups in total. The summed E-state index contributed by atoms with van der Waals surface area (Å²) in [4.78, 5) is 13.6. The molecule has 5 heteroatoms. The van der Waals surface area contributed by atoms with E-state index in [9.17, 15) is 9.00 Å². The Hall–Kier alpha value is -2.79. The molecule has 0 bridgehead atoms. The molecule has 3 aromatic carbocycles. The van der Waals surface area contributed by atoms with Crippen molar-refractivity contribution < 1.29 is 18.1 Å². The molecule has 0 aliphatic rings. The van der Waals surface area contributed by atoms with Crippen LogP contribution in [0.25, 0.3) is 0 Å². The molecule has 3 aromatic rings. The smallest absolute Gasteiger partial charge is 0.307 e. The summed E-state index contributed by atoms with van der Waals surface area (Å²) in [5, 5.41) is 0. The van der Waals surface area contributed by atoms with Crippen LogP contribution in [0.4, 0.5) is 4.39 Å². The van der Waals surface area contributed by atoms with E-state index in [0.29, 0.717) is 20.9 Å². The van der Waals surface area contributed by atoms with Crippen LogP contribution in [0.3, 0.4) is 0 Å². The third-order valence-corrected chi connectivity index (χ3v) is 6.51. The van der Waals surface area contributed by atoms with Crippen LogP contribution in [-0.2, 0) is 20.3 Å². The number of benzene rings is 3. The molecule has 0 aliphatic carbocycles. The minimum Gasteiger partial charge on any atom is -0.460 e. The third kappa shape index (κ3) is 6.13. The molecular formula is C27H29FO3S. The topological polar surface area (TPSA) is 43.4 Å². The van der Waals surface area contributed by atoms with E-state index in [1.54, 1.807) is 69.3 Å². The third-order valence-electron chi connectivity index (χ3n) is 5.04. The van der Waals surface area contributed by atoms with Crippen molar-refractivity contribution in [3.05, 3.63) is 95.6 Å². The van der Waals surface area contributed by atoms with Crippen molar-refractivity contribution in [2.75, 3.05) is 0 Å². The number of esters is 1. The average Bonchev–Trinajstić information content (AvgIpc) is 2.76. The lowest BCUT2D eigenvalue weighted by atomic mass is 9.87. The normalized spacial score (nSPS) is 14.4. The molecule has 0 saturated heterocycles. The van der Waals surface area contributed by atoms with Crippen LogP contribution in [0.1, 0.15) is 56.0 Å². The number of ether oxygens (including phenoxy) is 1. The Morgan fingerprint density at radius 2 is 1.53 bits per heavy atom. The summed E-state index contributed by atoms with van der Waals surface area (Å²) in [5.41, 5.74) is 1.42. The maximum atomic E-state index is 16.1. The van der Waals surface area contributed by atoms with E-state index in [2.05, 4.69) is 0 Å². The van der Waals surface area contributed by atoms with Gasteiger partial charge in [-0.1, -0.05) is 66.2 Å². The summed E-state index contributed by atoms with van der Waals surface area (Å²) in [6.45, 7) is 7.32. The van der Waals surface area contributed by atoms with Crippen molar-refractivity contribution in [1.29, 1.82) is 0 Å². The molecule has 3 rings (SSSR count). The second kappa shape index (κ2) is 10.2. The van der Waals surface area contributed by atoms with Crippen LogP contribution in [0.2, 0.25) is 0 Å². The zero-order valence-corrected chi connectivity index (χ0v) is 19.7. The number of hydrogen-bond donors (Lipinski definition) is 0. The van der Waals surface area contributed by atoms with Crippen molar-refractivity contribution >= 4 is 16.8 Å². The minimum absolute atomic E-state index is 0.117. The van der Waals surface area contributed by atoms with Gasteiger partial charge in [-0.2, -0.15) is 0 Å². The van der Waals surface area contributed by atoms with E-state index in [0.717, 1.165) is 5.56 Å². The average molecular weight is 453 g/mol. The number of rotatable bonds is 7. The van der Waals surface area contributed by atoms with Gasteiger partial charge in [0.1, 0.15) is 11.8 Å². The Balaban J connectivity index is 1.98. The lowest BCUT2D eigenvalue weighted by Gasteiger charge is -2.25. The van der Waals surface area contributed by atoms with Gasteiger partial charge in [-0.05, 0) is 51.5 Å². The van der Waals surface area contributed by atoms with Crippen LogP contribution in [0.5, 0.6) is 0 Å². The minimum atomic E-state index is -1.54. The van der Waals surface area contributed by atoms with Crippen molar-refractivity contribution in [3.63, 3.8) is 0 Å². The second-order valence-electron chi connectivity index (χ2n) is 8.83. The fourth-order valence-corrected chi connectivity index (χ4v) is 4.77. The summed E-state index contributed by atoms with van der Waals surface area (Å²) < 4.78 is 34.9. The summed E-state index contributed by atoms with van der Waals surface area (Å²) in [6.07, 6.45) is -1.65. The summed E-state index contributed by atoms with van der Waals surface area (Å²) in [7, 11) is -1.54. The lowest BCUT2D eigenvalue weighted by Crippen LogP contribution is -2.26. The second-order valence-corrected chi connectivity index (χ2v) is 10.3. The van der Waals surface area contributed by atoms with Gasteiger partial charge in [-0.3, -0.25) is 4.79 Å². The summed E-state index contributed by atoms with van der Waals surface area (Å²) in [5.74, 6) is -1.23. The van der Waals surface area contributed by atoms with Gasteiger partial charge >= 0.3 is 5.97 Å². The van der Waals surface area contributed by atoms with Crippen molar-refractivity contribution in [1.82, 2.24) is 0 Å². The number of carbonyl (C=O) groups is 1. The van der Waals surface area contributed by atoms with Gasteiger partial charge in [0.2, 0.25) is 0 Å². The van der Waals surface area contributed by atoms with Crippen LogP contribution < -0.4 is 0 Å². The molecule has 3 nitrogen and oxygen atoms in total. The van der Waals surface area contributed by atoms with Crippen LogP contribution >= 0.6 is 0 Å². The first-order valence-electron chi connectivity index (χ1n) is 10.6. The lowest BCUT2D eigenvalue weighted by molar-refractivity contribution is -0.155. The molecule has 0 unspecified atom stereocenters. The van der Waals surface area contributed by atoms with E-state index >= 15 is 4.39 Å². The quantitative estimate of drug-likeness (QED) is 0.375. The molecule has 0 saturated carbocycles. The molecule has 0 amide bonds. The molecule has 0 fully saturated rings. The molecule has 0 heterocycles. The highest BCUT2D eigenvalue weighted by molar-refractivity contribution is 7.85. The zero-order chi connectivity index (χ0) is 23.3. The summed E-state index contributed by atoms with van der Waals surface area (Å²) >= 11 is 0. The van der Waals surface area contributed by atoms with Crippen molar-refractivity contribution in [2.24, 2.45) is 0 Å². The Bertz CT molecular complexity index is 1070. The highest BCUT2D eigenvalue weighted by Gasteiger charge is 2.31. The largest absolute Gasteiger partial charge is 0.460 e. The van der Waals surface area contributed by atoms with E-state index in [1.165, 1.54) is 0 Å². The highest BCUT2D eigenvalue weighted by Crippen LogP contribution is 2.40. The van der Waals surface area contributed by atoms with Crippen LogP contribution in [0.15, 0.2) is 88.7 Å². The molecule has 32 heavy (non-hydrogen) atoms. The molecular weight excluding hydrogens is 423 g/mol. The number of aryl methyl sites for hydroxylation is 1. The SMILES string of the molecule is Cc1ccc([S@](=O)c2ccccc2[C@H](F)[C@H](CC(=O)OC(C)(C)C)c2ccccc2)cc1. The molecule has 0 aliphatic heterocycles. The van der Waals surface area contributed by atoms with Gasteiger partial charge in [-0.15, -0.1) is 0 Å². The zero-order valence-electron chi connectivity index (χ0n) is 18.9. The predicted molar refractivity (Wildman–Crippen MR) is 126 cm³/mol. The maximum absolute atomic E-state index is 16.1. The summed E-state index contributed by atoms with van der Waals surface area (Å²) in [6, 6.07) is 23.3. The first-order chi connectivity index (χ1) is 15.2. The molecule has 168 valence electrons.